The minimum Gasteiger partial charge on any atom is -0.330 e. The van der Waals surface area contributed by atoms with Crippen molar-refractivity contribution in [3.8, 4) is 17.1 Å². The normalized spacial score (nSPS) is 12.1. The largest absolute Gasteiger partial charge is 0.330 e. The number of rotatable bonds is 5. The Bertz CT molecular complexity index is 1010. The van der Waals surface area contributed by atoms with E-state index in [1.807, 2.05) is 55.6 Å². The quantitative estimate of drug-likeness (QED) is 0.571. The van der Waals surface area contributed by atoms with Crippen molar-refractivity contribution in [3.63, 3.8) is 0 Å². The fourth-order valence-corrected chi connectivity index (χ4v) is 2.66. The van der Waals surface area contributed by atoms with Crippen LogP contribution in [0.15, 0.2) is 65.3 Å². The van der Waals surface area contributed by atoms with E-state index in [4.69, 9.17) is 16.1 Å². The van der Waals surface area contributed by atoms with Crippen molar-refractivity contribution in [2.24, 2.45) is 0 Å². The Labute approximate surface area is 154 Å². The maximum absolute atomic E-state index is 6.00. The van der Waals surface area contributed by atoms with Crippen molar-refractivity contribution < 1.29 is 4.52 Å². The van der Waals surface area contributed by atoms with Gasteiger partial charge in [-0.05, 0) is 31.2 Å². The van der Waals surface area contributed by atoms with Gasteiger partial charge >= 0.3 is 6.01 Å². The summed E-state index contributed by atoms with van der Waals surface area (Å²) < 4.78 is 6.99. The smallest absolute Gasteiger partial charge is 0.322 e. The van der Waals surface area contributed by atoms with Gasteiger partial charge in [-0.3, -0.25) is 0 Å². The van der Waals surface area contributed by atoms with Gasteiger partial charge in [-0.1, -0.05) is 52.3 Å². The number of halogens is 1. The topological polar surface area (TPSA) is 81.7 Å². The van der Waals surface area contributed by atoms with E-state index in [1.165, 1.54) is 0 Å². The highest BCUT2D eigenvalue weighted by Gasteiger charge is 2.15. The van der Waals surface area contributed by atoms with Gasteiger partial charge in [0.15, 0.2) is 0 Å². The van der Waals surface area contributed by atoms with Crippen LogP contribution in [0.25, 0.3) is 17.1 Å². The summed E-state index contributed by atoms with van der Waals surface area (Å²) in [5.41, 5.74) is 2.49. The number of para-hydroxylation sites is 1. The highest BCUT2D eigenvalue weighted by atomic mass is 35.5. The second kappa shape index (κ2) is 6.97. The molecule has 0 aliphatic heterocycles. The molecule has 2 aromatic carbocycles. The summed E-state index contributed by atoms with van der Waals surface area (Å²) in [6.45, 7) is 1.95. The van der Waals surface area contributed by atoms with Crippen LogP contribution in [0.5, 0.6) is 0 Å². The number of aromatic nitrogens is 5. The second-order valence-corrected chi connectivity index (χ2v) is 6.16. The van der Waals surface area contributed by atoms with E-state index >= 15 is 0 Å². The first-order valence-electron chi connectivity index (χ1n) is 8.03. The monoisotopic (exact) mass is 366 g/mol. The molecule has 2 aromatic heterocycles. The molecule has 1 N–H and O–H groups in total. The number of nitrogens with zero attached hydrogens (tertiary/aromatic N) is 5. The van der Waals surface area contributed by atoms with E-state index in [-0.39, 0.29) is 6.04 Å². The molecule has 0 saturated carbocycles. The van der Waals surface area contributed by atoms with Crippen molar-refractivity contribution in [3.05, 3.63) is 71.5 Å². The third-order valence-corrected chi connectivity index (χ3v) is 4.06. The summed E-state index contributed by atoms with van der Waals surface area (Å²) in [5.74, 6) is 0.468. The summed E-state index contributed by atoms with van der Waals surface area (Å²) in [6, 6.07) is 17.2. The van der Waals surface area contributed by atoms with Crippen molar-refractivity contribution in [2.45, 2.75) is 13.0 Å². The van der Waals surface area contributed by atoms with Crippen LogP contribution >= 0.6 is 11.6 Å². The number of anilines is 1. The lowest BCUT2D eigenvalue weighted by molar-refractivity contribution is 0.428. The zero-order valence-corrected chi connectivity index (χ0v) is 14.6. The third kappa shape index (κ3) is 3.43. The maximum atomic E-state index is 6.00. The van der Waals surface area contributed by atoms with Crippen molar-refractivity contribution in [2.75, 3.05) is 5.32 Å². The molecule has 1 atom stereocenters. The van der Waals surface area contributed by atoms with Gasteiger partial charge in [0.25, 0.3) is 0 Å². The van der Waals surface area contributed by atoms with Crippen LogP contribution in [0.1, 0.15) is 18.7 Å². The Morgan fingerprint density at radius 2 is 1.96 bits per heavy atom. The molecule has 0 amide bonds. The van der Waals surface area contributed by atoms with Gasteiger partial charge in [0.1, 0.15) is 5.69 Å². The Hall–Kier alpha value is -3.19. The minimum absolute atomic E-state index is 0.153. The third-order valence-electron chi connectivity index (χ3n) is 3.82. The molecule has 0 spiro atoms. The Morgan fingerprint density at radius 3 is 2.77 bits per heavy atom. The molecule has 0 aliphatic rings. The number of hydrogen-bond donors (Lipinski definition) is 1. The number of benzene rings is 2. The van der Waals surface area contributed by atoms with Gasteiger partial charge in [-0.25, -0.2) is 4.68 Å². The van der Waals surface area contributed by atoms with Gasteiger partial charge in [-0.15, -0.1) is 5.10 Å². The molecule has 1 unspecified atom stereocenters. The second-order valence-electron chi connectivity index (χ2n) is 5.72. The highest BCUT2D eigenvalue weighted by Crippen LogP contribution is 2.23. The van der Waals surface area contributed by atoms with Crippen LogP contribution in [0.2, 0.25) is 5.02 Å². The first-order chi connectivity index (χ1) is 12.7. The van der Waals surface area contributed by atoms with Crippen LogP contribution in [0.4, 0.5) is 6.01 Å². The van der Waals surface area contributed by atoms with Crippen molar-refractivity contribution in [1.29, 1.82) is 0 Å². The molecular weight excluding hydrogens is 352 g/mol. The standard InChI is InChI=1S/C18H15ClN6O/c1-12(16-11-25(24-22-16)15-8-3-2-4-9-15)20-18-21-17(23-26-18)13-6-5-7-14(19)10-13/h2-12H,1H3,(H,20,21,23). The van der Waals surface area contributed by atoms with Crippen molar-refractivity contribution in [1.82, 2.24) is 25.1 Å². The van der Waals surface area contributed by atoms with Gasteiger partial charge in [0.2, 0.25) is 5.82 Å². The zero-order valence-electron chi connectivity index (χ0n) is 13.9. The van der Waals surface area contributed by atoms with Crippen molar-refractivity contribution >= 4 is 17.6 Å². The summed E-state index contributed by atoms with van der Waals surface area (Å²) >= 11 is 6.00. The van der Waals surface area contributed by atoms with Crippen LogP contribution in [-0.4, -0.2) is 25.1 Å². The molecule has 8 heteroatoms. The van der Waals surface area contributed by atoms with E-state index < -0.39 is 0 Å². The fourth-order valence-electron chi connectivity index (χ4n) is 2.47. The summed E-state index contributed by atoms with van der Waals surface area (Å²) in [4.78, 5) is 4.35. The highest BCUT2D eigenvalue weighted by molar-refractivity contribution is 6.30. The lowest BCUT2D eigenvalue weighted by atomic mass is 10.2. The van der Waals surface area contributed by atoms with Gasteiger partial charge in [-0.2, -0.15) is 4.98 Å². The molecule has 7 nitrogen and oxygen atoms in total. The first-order valence-corrected chi connectivity index (χ1v) is 8.41. The molecule has 4 aromatic rings. The lowest BCUT2D eigenvalue weighted by Crippen LogP contribution is -2.07. The Morgan fingerprint density at radius 1 is 1.12 bits per heavy atom. The van der Waals surface area contributed by atoms with Gasteiger partial charge in [0.05, 0.1) is 17.9 Å². The molecule has 26 heavy (non-hydrogen) atoms. The summed E-state index contributed by atoms with van der Waals surface area (Å²) in [7, 11) is 0. The molecular formula is C18H15ClN6O. The lowest BCUT2D eigenvalue weighted by Gasteiger charge is -2.07. The first kappa shape index (κ1) is 16.3. The van der Waals surface area contributed by atoms with E-state index in [0.29, 0.717) is 16.9 Å². The Kier molecular flexibility index (Phi) is 4.37. The molecule has 0 saturated heterocycles. The molecule has 0 radical (unpaired) electrons. The fraction of sp³-hybridized carbons (Fsp3) is 0.111. The summed E-state index contributed by atoms with van der Waals surface area (Å²) in [6.07, 6.45) is 1.86. The number of nitrogens with one attached hydrogen (secondary N) is 1. The predicted molar refractivity (Wildman–Crippen MR) is 98.1 cm³/mol. The van der Waals surface area contributed by atoms with E-state index in [1.54, 1.807) is 16.8 Å². The van der Waals surface area contributed by atoms with Crippen LogP contribution in [0.3, 0.4) is 0 Å². The molecule has 0 fully saturated rings. The molecule has 0 bridgehead atoms. The minimum atomic E-state index is -0.153. The summed E-state index contributed by atoms with van der Waals surface area (Å²) in [5, 5.41) is 16.1. The molecule has 0 aliphatic carbocycles. The van der Waals surface area contributed by atoms with E-state index in [9.17, 15) is 0 Å². The predicted octanol–water partition coefficient (Wildman–Crippen LogP) is 4.14. The maximum Gasteiger partial charge on any atom is 0.322 e. The average Bonchev–Trinajstić information content (AvgIpc) is 3.32. The van der Waals surface area contributed by atoms with Gasteiger partial charge in [0, 0.05) is 10.6 Å². The molecule has 2 heterocycles. The Balaban J connectivity index is 1.49. The molecule has 130 valence electrons. The SMILES string of the molecule is CC(Nc1nc(-c2cccc(Cl)c2)no1)c1cn(-c2ccccc2)nn1. The van der Waals surface area contributed by atoms with E-state index in [0.717, 1.165) is 16.9 Å². The van der Waals surface area contributed by atoms with E-state index in [2.05, 4.69) is 25.8 Å². The number of hydrogen-bond acceptors (Lipinski definition) is 6. The zero-order chi connectivity index (χ0) is 17.9. The van der Waals surface area contributed by atoms with Crippen LogP contribution in [0, 0.1) is 0 Å². The average molecular weight is 367 g/mol. The van der Waals surface area contributed by atoms with Crippen LogP contribution < -0.4 is 5.32 Å². The van der Waals surface area contributed by atoms with Crippen LogP contribution in [-0.2, 0) is 0 Å². The molecule has 4 rings (SSSR count). The van der Waals surface area contributed by atoms with Gasteiger partial charge < -0.3 is 9.84 Å².